The van der Waals surface area contributed by atoms with Gasteiger partial charge in [0.15, 0.2) is 0 Å². The van der Waals surface area contributed by atoms with Crippen LogP contribution >= 0.6 is 0 Å². The predicted octanol–water partition coefficient (Wildman–Crippen LogP) is 4.36. The molecule has 0 spiro atoms. The Morgan fingerprint density at radius 3 is 2.50 bits per heavy atom. The molecule has 7 heteroatoms. The maximum absolute atomic E-state index is 13.8. The van der Waals surface area contributed by atoms with Gasteiger partial charge < -0.3 is 9.47 Å². The SMILES string of the molecule is CCOC(=O)c1c(COC(=O)c2ccc(F)cc2F)nc2ccccc2c1C. The lowest BCUT2D eigenvalue weighted by Crippen LogP contribution is -2.15. The van der Waals surface area contributed by atoms with Gasteiger partial charge in [-0.25, -0.2) is 23.4 Å². The number of rotatable bonds is 5. The molecule has 1 aromatic heterocycles. The molecule has 0 saturated heterocycles. The minimum atomic E-state index is -1.03. The zero-order valence-corrected chi connectivity index (χ0v) is 15.3. The molecule has 0 N–H and O–H groups in total. The van der Waals surface area contributed by atoms with Crippen molar-refractivity contribution < 1.29 is 27.8 Å². The second kappa shape index (κ2) is 8.12. The van der Waals surface area contributed by atoms with Crippen LogP contribution in [0.15, 0.2) is 42.5 Å². The van der Waals surface area contributed by atoms with E-state index in [1.807, 2.05) is 12.1 Å². The van der Waals surface area contributed by atoms with Gasteiger partial charge in [-0.2, -0.15) is 0 Å². The van der Waals surface area contributed by atoms with Crippen LogP contribution < -0.4 is 0 Å². The smallest absolute Gasteiger partial charge is 0.341 e. The monoisotopic (exact) mass is 385 g/mol. The molecule has 5 nitrogen and oxygen atoms in total. The highest BCUT2D eigenvalue weighted by Crippen LogP contribution is 2.24. The molecular formula is C21H17F2NO4. The van der Waals surface area contributed by atoms with Gasteiger partial charge in [0.2, 0.25) is 0 Å². The summed E-state index contributed by atoms with van der Waals surface area (Å²) in [6.45, 7) is 3.24. The third kappa shape index (κ3) is 3.83. The maximum atomic E-state index is 13.8. The number of para-hydroxylation sites is 1. The summed E-state index contributed by atoms with van der Waals surface area (Å²) < 4.78 is 37.0. The molecule has 2 aromatic carbocycles. The van der Waals surface area contributed by atoms with Crippen molar-refractivity contribution in [3.63, 3.8) is 0 Å². The molecule has 0 bridgehead atoms. The van der Waals surface area contributed by atoms with Gasteiger partial charge in [-0.05, 0) is 37.6 Å². The minimum Gasteiger partial charge on any atom is -0.462 e. The van der Waals surface area contributed by atoms with Crippen LogP contribution in [-0.2, 0) is 16.1 Å². The first-order valence-corrected chi connectivity index (χ1v) is 8.60. The number of nitrogens with zero attached hydrogens (tertiary/aromatic N) is 1. The molecule has 0 radical (unpaired) electrons. The van der Waals surface area contributed by atoms with Gasteiger partial charge in [0.1, 0.15) is 18.2 Å². The minimum absolute atomic E-state index is 0.172. The number of carbonyl (C=O) groups excluding carboxylic acids is 2. The average Bonchev–Trinajstić information content (AvgIpc) is 2.66. The molecule has 0 aliphatic carbocycles. The molecule has 0 atom stereocenters. The van der Waals surface area contributed by atoms with Crippen molar-refractivity contribution in [3.05, 3.63) is 76.5 Å². The van der Waals surface area contributed by atoms with Crippen LogP contribution in [0.3, 0.4) is 0 Å². The molecule has 28 heavy (non-hydrogen) atoms. The van der Waals surface area contributed by atoms with E-state index in [1.54, 1.807) is 26.0 Å². The number of hydrogen-bond donors (Lipinski definition) is 0. The van der Waals surface area contributed by atoms with Crippen LogP contribution in [0.4, 0.5) is 8.78 Å². The van der Waals surface area contributed by atoms with Gasteiger partial charge in [0.25, 0.3) is 0 Å². The summed E-state index contributed by atoms with van der Waals surface area (Å²) in [5.41, 5.74) is 1.25. The first kappa shape index (κ1) is 19.4. The van der Waals surface area contributed by atoms with Gasteiger partial charge in [-0.15, -0.1) is 0 Å². The van der Waals surface area contributed by atoms with E-state index in [0.29, 0.717) is 17.1 Å². The fourth-order valence-electron chi connectivity index (χ4n) is 2.89. The Balaban J connectivity index is 1.96. The standard InChI is InChI=1S/C21H17F2NO4/c1-3-27-21(26)19-12(2)14-6-4-5-7-17(14)24-18(19)11-28-20(25)15-9-8-13(22)10-16(15)23/h4-10H,3,11H2,1-2H3. The lowest BCUT2D eigenvalue weighted by Gasteiger charge is -2.14. The number of halogens is 2. The largest absolute Gasteiger partial charge is 0.462 e. The zero-order chi connectivity index (χ0) is 20.3. The number of benzene rings is 2. The lowest BCUT2D eigenvalue weighted by atomic mass is 10.0. The topological polar surface area (TPSA) is 65.5 Å². The van der Waals surface area contributed by atoms with Crippen LogP contribution in [0.25, 0.3) is 10.9 Å². The molecule has 0 unspecified atom stereocenters. The number of hydrogen-bond acceptors (Lipinski definition) is 5. The number of aromatic nitrogens is 1. The summed E-state index contributed by atoms with van der Waals surface area (Å²) in [7, 11) is 0. The molecule has 0 saturated carbocycles. The summed E-state index contributed by atoms with van der Waals surface area (Å²) in [5, 5.41) is 0.769. The van der Waals surface area contributed by atoms with E-state index in [9.17, 15) is 18.4 Å². The first-order valence-electron chi connectivity index (χ1n) is 8.60. The van der Waals surface area contributed by atoms with Crippen LogP contribution in [0.1, 0.15) is 38.9 Å². The van der Waals surface area contributed by atoms with Crippen LogP contribution in [0.5, 0.6) is 0 Å². The first-order chi connectivity index (χ1) is 13.4. The number of aryl methyl sites for hydroxylation is 1. The molecule has 1 heterocycles. The quantitative estimate of drug-likeness (QED) is 0.611. The highest BCUT2D eigenvalue weighted by molar-refractivity contribution is 5.98. The molecule has 0 aliphatic heterocycles. The van der Waals surface area contributed by atoms with Crippen LogP contribution in [0, 0.1) is 18.6 Å². The van der Waals surface area contributed by atoms with E-state index in [4.69, 9.17) is 9.47 Å². The van der Waals surface area contributed by atoms with Crippen molar-refractivity contribution in [2.24, 2.45) is 0 Å². The van der Waals surface area contributed by atoms with Crippen molar-refractivity contribution >= 4 is 22.8 Å². The average molecular weight is 385 g/mol. The highest BCUT2D eigenvalue weighted by atomic mass is 19.1. The fraction of sp³-hybridized carbons (Fsp3) is 0.190. The lowest BCUT2D eigenvalue weighted by molar-refractivity contribution is 0.0440. The molecule has 0 fully saturated rings. The fourth-order valence-corrected chi connectivity index (χ4v) is 2.89. The summed E-state index contributed by atoms with van der Waals surface area (Å²) in [6, 6.07) is 9.76. The van der Waals surface area contributed by atoms with Crippen molar-refractivity contribution in [2.75, 3.05) is 6.61 Å². The van der Waals surface area contributed by atoms with Crippen LogP contribution in [0.2, 0.25) is 0 Å². The Labute approximate surface area is 159 Å². The molecule has 0 amide bonds. The van der Waals surface area contributed by atoms with E-state index >= 15 is 0 Å². The summed E-state index contributed by atoms with van der Waals surface area (Å²) in [6.07, 6.45) is 0. The third-order valence-electron chi connectivity index (χ3n) is 4.20. The summed E-state index contributed by atoms with van der Waals surface area (Å²) >= 11 is 0. The molecule has 3 aromatic rings. The Bertz CT molecular complexity index is 1070. The van der Waals surface area contributed by atoms with Gasteiger partial charge in [-0.3, -0.25) is 0 Å². The number of ether oxygens (including phenoxy) is 2. The maximum Gasteiger partial charge on any atom is 0.341 e. The Morgan fingerprint density at radius 1 is 1.04 bits per heavy atom. The Morgan fingerprint density at radius 2 is 1.79 bits per heavy atom. The van der Waals surface area contributed by atoms with Crippen LogP contribution in [-0.4, -0.2) is 23.5 Å². The normalized spacial score (nSPS) is 10.7. The van der Waals surface area contributed by atoms with E-state index in [0.717, 1.165) is 17.5 Å². The molecule has 144 valence electrons. The number of fused-ring (bicyclic) bond motifs is 1. The van der Waals surface area contributed by atoms with Crippen molar-refractivity contribution in [1.29, 1.82) is 0 Å². The van der Waals surface area contributed by atoms with Crippen molar-refractivity contribution in [2.45, 2.75) is 20.5 Å². The van der Waals surface area contributed by atoms with Gasteiger partial charge in [0.05, 0.1) is 28.9 Å². The van der Waals surface area contributed by atoms with E-state index in [-0.39, 0.29) is 24.5 Å². The van der Waals surface area contributed by atoms with E-state index in [2.05, 4.69) is 4.98 Å². The highest BCUT2D eigenvalue weighted by Gasteiger charge is 2.22. The van der Waals surface area contributed by atoms with Gasteiger partial charge in [0, 0.05) is 11.5 Å². The summed E-state index contributed by atoms with van der Waals surface area (Å²) in [4.78, 5) is 29.0. The molecular weight excluding hydrogens is 368 g/mol. The Hall–Kier alpha value is -3.35. The summed E-state index contributed by atoms with van der Waals surface area (Å²) in [5.74, 6) is -3.40. The van der Waals surface area contributed by atoms with Gasteiger partial charge in [-0.1, -0.05) is 18.2 Å². The molecule has 0 aliphatic rings. The third-order valence-corrected chi connectivity index (χ3v) is 4.20. The van der Waals surface area contributed by atoms with Crippen molar-refractivity contribution in [1.82, 2.24) is 4.98 Å². The number of pyridine rings is 1. The Kier molecular flexibility index (Phi) is 5.63. The number of carbonyl (C=O) groups is 2. The van der Waals surface area contributed by atoms with Crippen molar-refractivity contribution in [3.8, 4) is 0 Å². The second-order valence-electron chi connectivity index (χ2n) is 6.00. The van der Waals surface area contributed by atoms with Gasteiger partial charge >= 0.3 is 11.9 Å². The zero-order valence-electron chi connectivity index (χ0n) is 15.3. The second-order valence-corrected chi connectivity index (χ2v) is 6.00. The van der Waals surface area contributed by atoms with E-state index in [1.165, 1.54) is 0 Å². The van der Waals surface area contributed by atoms with E-state index < -0.39 is 29.1 Å². The molecule has 3 rings (SSSR count). The predicted molar refractivity (Wildman–Crippen MR) is 97.9 cm³/mol. The number of esters is 2.